The van der Waals surface area contributed by atoms with Gasteiger partial charge in [-0.25, -0.2) is 0 Å². The zero-order valence-electron chi connectivity index (χ0n) is 34.0. The van der Waals surface area contributed by atoms with Crippen molar-refractivity contribution < 1.29 is 0 Å². The van der Waals surface area contributed by atoms with E-state index in [1.54, 1.807) is 0 Å². The topological polar surface area (TPSA) is 9.72 Å². The summed E-state index contributed by atoms with van der Waals surface area (Å²) in [7, 11) is -1.87. The van der Waals surface area contributed by atoms with Gasteiger partial charge in [-0.3, -0.25) is 0 Å². The van der Waals surface area contributed by atoms with Crippen LogP contribution < -0.4 is 31.1 Å². The Bertz CT molecular complexity index is 3060. The van der Waals surface area contributed by atoms with Gasteiger partial charge in [0.15, 0.2) is 0 Å². The molecule has 0 radical (unpaired) electrons. The molecule has 61 heavy (non-hydrogen) atoms. The highest BCUT2D eigenvalue weighted by atomic mass is 32.3. The lowest BCUT2D eigenvalue weighted by Gasteiger charge is -2.49. The van der Waals surface area contributed by atoms with Crippen molar-refractivity contribution in [2.24, 2.45) is 0 Å². The summed E-state index contributed by atoms with van der Waals surface area (Å²) in [4.78, 5) is 13.2. The predicted molar refractivity (Wildman–Crippen MR) is 257 cm³/mol. The monoisotopic (exact) mass is 797 g/mol. The Morgan fingerprint density at radius 1 is 0.328 bits per heavy atom. The number of benzene rings is 9. The normalized spacial score (nSPS) is 14.9. The molecule has 0 unspecified atom stereocenters. The summed E-state index contributed by atoms with van der Waals surface area (Å²) in [6, 6.07) is 77.7. The first-order valence-corrected chi connectivity index (χ1v) is 22.8. The van der Waals surface area contributed by atoms with Gasteiger partial charge in [-0.2, -0.15) is 0 Å². The van der Waals surface area contributed by atoms with Crippen LogP contribution in [0.2, 0.25) is 0 Å². The Labute approximate surface area is 359 Å². The molecule has 9 aromatic rings. The van der Waals surface area contributed by atoms with Crippen LogP contribution in [0.3, 0.4) is 0 Å². The fourth-order valence-corrected chi connectivity index (χ4v) is 15.5. The molecule has 9 aromatic carbocycles. The summed E-state index contributed by atoms with van der Waals surface area (Å²) in [6.45, 7) is 4.56. The Morgan fingerprint density at radius 3 is 1.23 bits per heavy atom. The molecular formula is C56H40BN3S. The zero-order chi connectivity index (χ0) is 40.4. The van der Waals surface area contributed by atoms with Crippen molar-refractivity contribution in [2.75, 3.05) is 14.7 Å². The maximum Gasteiger partial charge on any atom is 0.252 e. The fraction of sp³-hybridized carbons (Fsp3) is 0.0357. The maximum absolute atomic E-state index is 2.59. The molecule has 0 aliphatic carbocycles. The van der Waals surface area contributed by atoms with E-state index >= 15 is 0 Å². The highest BCUT2D eigenvalue weighted by molar-refractivity contribution is 8.34. The fourth-order valence-electron chi connectivity index (χ4n) is 10.9. The number of nitrogens with zero attached hydrogens (tertiary/aromatic N) is 3. The first-order valence-electron chi connectivity index (χ1n) is 21.2. The second-order valence-electron chi connectivity index (χ2n) is 16.7. The summed E-state index contributed by atoms with van der Waals surface area (Å²) in [6.07, 6.45) is 0. The van der Waals surface area contributed by atoms with Crippen LogP contribution in [0.1, 0.15) is 11.1 Å². The molecule has 13 rings (SSSR count). The number of rotatable bonds is 3. The van der Waals surface area contributed by atoms with E-state index in [1.165, 1.54) is 92.3 Å². The van der Waals surface area contributed by atoms with Gasteiger partial charge in [0, 0.05) is 53.7 Å². The maximum atomic E-state index is 2.59. The Morgan fingerprint density at radius 2 is 0.738 bits per heavy atom. The minimum Gasteiger partial charge on any atom is -0.311 e. The lowest BCUT2D eigenvalue weighted by Crippen LogP contribution is -2.61. The standard InChI is InChI=1S/C56H40BN3S/c1-37-29-31-48-54(33-37)61(52-27-15-9-21-42(52)43-22-10-16-28-53(43)61)55-34-38(2)30-32-49(55)60(48)41-35-50-56-51(36-41)59(40-19-7-4-8-20-40)47-26-14-12-24-45(47)57(56)44-23-11-13-25-46(44)58(50)39-17-5-3-6-18-39/h3-36H,1-2H3. The number of aryl methyl sites for hydroxylation is 2. The second kappa shape index (κ2) is 12.9. The minimum atomic E-state index is -1.87. The molecule has 0 saturated heterocycles. The van der Waals surface area contributed by atoms with E-state index in [9.17, 15) is 0 Å². The van der Waals surface area contributed by atoms with Crippen LogP contribution in [0.25, 0.3) is 11.1 Å². The zero-order valence-corrected chi connectivity index (χ0v) is 34.8. The molecular weight excluding hydrogens is 758 g/mol. The first kappa shape index (κ1) is 34.6. The lowest BCUT2D eigenvalue weighted by molar-refractivity contribution is 1.11. The third-order valence-electron chi connectivity index (χ3n) is 13.3. The highest BCUT2D eigenvalue weighted by Gasteiger charge is 2.49. The van der Waals surface area contributed by atoms with Crippen LogP contribution in [0.15, 0.2) is 226 Å². The number of fused-ring (bicyclic) bond motifs is 13. The van der Waals surface area contributed by atoms with Gasteiger partial charge in [0.05, 0.1) is 17.1 Å². The van der Waals surface area contributed by atoms with E-state index in [0.717, 1.165) is 17.1 Å². The average Bonchev–Trinajstić information content (AvgIpc) is 3.60. The number of hydrogen-bond acceptors (Lipinski definition) is 3. The van der Waals surface area contributed by atoms with Gasteiger partial charge < -0.3 is 14.7 Å². The summed E-state index contributed by atoms with van der Waals surface area (Å²) in [5, 5.41) is 0. The SMILES string of the molecule is Cc1ccc2c(c1)S1(c3ccccc3-c3ccccc31)c1cc(C)ccc1N2c1cc2c3c(c1)N(c1ccccc1)c1ccccc1B3c1ccccc1N2c1ccccc1. The molecule has 5 heteroatoms. The van der Waals surface area contributed by atoms with E-state index < -0.39 is 10.0 Å². The van der Waals surface area contributed by atoms with E-state index in [0.29, 0.717) is 0 Å². The van der Waals surface area contributed by atoms with E-state index in [1.807, 2.05) is 0 Å². The van der Waals surface area contributed by atoms with Crippen molar-refractivity contribution in [2.45, 2.75) is 33.4 Å². The van der Waals surface area contributed by atoms with Crippen molar-refractivity contribution in [3.63, 3.8) is 0 Å². The molecule has 0 saturated carbocycles. The second-order valence-corrected chi connectivity index (χ2v) is 19.7. The summed E-state index contributed by atoms with van der Waals surface area (Å²) >= 11 is 0. The molecule has 0 amide bonds. The molecule has 0 aromatic heterocycles. The van der Waals surface area contributed by atoms with Crippen LogP contribution in [0, 0.1) is 13.8 Å². The molecule has 1 spiro atoms. The van der Waals surface area contributed by atoms with Crippen molar-refractivity contribution in [3.8, 4) is 11.1 Å². The molecule has 3 nitrogen and oxygen atoms in total. The smallest absolute Gasteiger partial charge is 0.252 e. The molecule has 4 heterocycles. The Balaban J connectivity index is 1.16. The van der Waals surface area contributed by atoms with Crippen molar-refractivity contribution in [1.82, 2.24) is 0 Å². The van der Waals surface area contributed by atoms with Gasteiger partial charge in [-0.05, 0) is 137 Å². The summed E-state index contributed by atoms with van der Waals surface area (Å²) in [5.74, 6) is 0. The Hall–Kier alpha value is -7.21. The highest BCUT2D eigenvalue weighted by Crippen LogP contribution is 2.84. The minimum absolute atomic E-state index is 0.0526. The van der Waals surface area contributed by atoms with Gasteiger partial charge in [0.1, 0.15) is 0 Å². The Kier molecular flexibility index (Phi) is 7.32. The number of para-hydroxylation sites is 4. The molecule has 0 N–H and O–H groups in total. The van der Waals surface area contributed by atoms with Crippen molar-refractivity contribution >= 4 is 84.3 Å². The number of anilines is 9. The molecule has 4 aliphatic heterocycles. The quantitative estimate of drug-likeness (QED) is 0.165. The molecule has 0 atom stereocenters. The van der Waals surface area contributed by atoms with Crippen molar-refractivity contribution in [3.05, 3.63) is 217 Å². The molecule has 288 valence electrons. The van der Waals surface area contributed by atoms with Gasteiger partial charge in [-0.1, -0.05) is 121 Å². The molecule has 0 fully saturated rings. The van der Waals surface area contributed by atoms with Crippen LogP contribution in [-0.4, -0.2) is 6.71 Å². The summed E-state index contributed by atoms with van der Waals surface area (Å²) < 4.78 is 0. The van der Waals surface area contributed by atoms with Gasteiger partial charge in [0.2, 0.25) is 0 Å². The van der Waals surface area contributed by atoms with Gasteiger partial charge in [-0.15, -0.1) is 10.0 Å². The lowest BCUT2D eigenvalue weighted by atomic mass is 9.33. The van der Waals surface area contributed by atoms with Gasteiger partial charge in [0.25, 0.3) is 6.71 Å². The van der Waals surface area contributed by atoms with E-state index in [2.05, 4.69) is 235 Å². The van der Waals surface area contributed by atoms with Crippen LogP contribution in [-0.2, 0) is 0 Å². The van der Waals surface area contributed by atoms with Crippen molar-refractivity contribution in [1.29, 1.82) is 0 Å². The first-order chi connectivity index (χ1) is 30.1. The molecule has 4 aliphatic rings. The third kappa shape index (κ3) is 4.67. The van der Waals surface area contributed by atoms with Gasteiger partial charge >= 0.3 is 0 Å². The summed E-state index contributed by atoms with van der Waals surface area (Å²) in [5.41, 5.74) is 19.9. The average molecular weight is 798 g/mol. The molecule has 0 bridgehead atoms. The van der Waals surface area contributed by atoms with E-state index in [-0.39, 0.29) is 6.71 Å². The predicted octanol–water partition coefficient (Wildman–Crippen LogP) is 13.5. The largest absolute Gasteiger partial charge is 0.311 e. The van der Waals surface area contributed by atoms with Crippen LogP contribution in [0.4, 0.5) is 51.2 Å². The number of hydrogen-bond donors (Lipinski definition) is 0. The van der Waals surface area contributed by atoms with Crippen LogP contribution in [0.5, 0.6) is 0 Å². The van der Waals surface area contributed by atoms with Crippen LogP contribution >= 0.6 is 10.0 Å². The third-order valence-corrected chi connectivity index (χ3v) is 17.3. The van der Waals surface area contributed by atoms with E-state index in [4.69, 9.17) is 0 Å².